The number of likely N-dealkylation sites (tertiary alicyclic amines) is 1. The van der Waals surface area contributed by atoms with Crippen molar-refractivity contribution in [3.05, 3.63) is 33.8 Å². The predicted octanol–water partition coefficient (Wildman–Crippen LogP) is 4.10. The molecule has 0 aromatic heterocycles. The molecule has 0 radical (unpaired) electrons. The number of nitriles is 1. The van der Waals surface area contributed by atoms with Crippen LogP contribution in [0, 0.1) is 24.2 Å². The Balaban J connectivity index is 2.28. The third-order valence-electron chi connectivity index (χ3n) is 4.06. The molecule has 1 saturated heterocycles. The normalized spacial score (nSPS) is 24.4. The minimum Gasteiger partial charge on any atom is -0.297 e. The number of hydrogen-bond acceptors (Lipinski definition) is 2. The van der Waals surface area contributed by atoms with E-state index in [-0.39, 0.29) is 11.5 Å². The van der Waals surface area contributed by atoms with Crippen molar-refractivity contribution in [1.29, 1.82) is 5.26 Å². The molecule has 0 bridgehead atoms. The van der Waals surface area contributed by atoms with Crippen LogP contribution in [0.2, 0.25) is 0 Å². The molecule has 0 spiro atoms. The summed E-state index contributed by atoms with van der Waals surface area (Å²) in [5, 5.41) is 9.42. The van der Waals surface area contributed by atoms with Crippen LogP contribution in [0.4, 0.5) is 0 Å². The van der Waals surface area contributed by atoms with E-state index in [2.05, 4.69) is 72.8 Å². The lowest BCUT2D eigenvalue weighted by atomic mass is 9.89. The molecule has 1 aliphatic rings. The predicted molar refractivity (Wildman–Crippen MR) is 82.0 cm³/mol. The second-order valence-corrected chi connectivity index (χ2v) is 7.28. The smallest absolute Gasteiger partial charge is 0.0676 e. The van der Waals surface area contributed by atoms with Gasteiger partial charge in [-0.25, -0.2) is 0 Å². The number of halogens is 1. The quantitative estimate of drug-likeness (QED) is 0.779. The molecule has 102 valence electrons. The van der Waals surface area contributed by atoms with Crippen LogP contribution in [-0.2, 0) is 0 Å². The van der Waals surface area contributed by atoms with Crippen LogP contribution in [0.1, 0.15) is 37.8 Å². The van der Waals surface area contributed by atoms with E-state index < -0.39 is 0 Å². The third-order valence-corrected chi connectivity index (χ3v) is 4.91. The van der Waals surface area contributed by atoms with Crippen molar-refractivity contribution in [1.82, 2.24) is 4.90 Å². The minimum atomic E-state index is 0.0915. The lowest BCUT2D eigenvalue weighted by Gasteiger charge is -2.31. The Morgan fingerprint density at radius 3 is 2.53 bits per heavy atom. The molecule has 0 saturated carbocycles. The molecule has 19 heavy (non-hydrogen) atoms. The van der Waals surface area contributed by atoms with Crippen molar-refractivity contribution in [3.8, 4) is 6.07 Å². The monoisotopic (exact) mass is 320 g/mol. The topological polar surface area (TPSA) is 27.0 Å². The summed E-state index contributed by atoms with van der Waals surface area (Å²) in [5.74, 6) is 0.412. The Morgan fingerprint density at radius 1 is 1.32 bits per heavy atom. The van der Waals surface area contributed by atoms with Gasteiger partial charge in [0, 0.05) is 29.0 Å². The van der Waals surface area contributed by atoms with E-state index >= 15 is 0 Å². The highest BCUT2D eigenvalue weighted by atomic mass is 79.9. The number of aryl methyl sites for hydroxylation is 1. The number of nitrogens with zero attached hydrogens (tertiary/aromatic N) is 2. The zero-order valence-corrected chi connectivity index (χ0v) is 13.7. The molecule has 1 aromatic rings. The Hall–Kier alpha value is -0.850. The van der Waals surface area contributed by atoms with Crippen molar-refractivity contribution in [2.45, 2.75) is 39.2 Å². The summed E-state index contributed by atoms with van der Waals surface area (Å²) in [6, 6.07) is 8.97. The zero-order chi connectivity index (χ0) is 14.2. The molecular formula is C16H21BrN2. The number of hydrogen-bond donors (Lipinski definition) is 0. The highest BCUT2D eigenvalue weighted by molar-refractivity contribution is 9.10. The van der Waals surface area contributed by atoms with E-state index in [0.29, 0.717) is 5.92 Å². The van der Waals surface area contributed by atoms with Crippen molar-refractivity contribution >= 4 is 15.9 Å². The van der Waals surface area contributed by atoms with Crippen molar-refractivity contribution in [2.75, 3.05) is 13.1 Å². The van der Waals surface area contributed by atoms with E-state index in [1.165, 1.54) is 11.1 Å². The van der Waals surface area contributed by atoms with Gasteiger partial charge in [-0.05, 0) is 44.9 Å². The van der Waals surface area contributed by atoms with E-state index in [4.69, 9.17) is 0 Å². The van der Waals surface area contributed by atoms with Crippen molar-refractivity contribution in [3.63, 3.8) is 0 Å². The summed E-state index contributed by atoms with van der Waals surface area (Å²) >= 11 is 3.59. The van der Waals surface area contributed by atoms with Gasteiger partial charge in [0.15, 0.2) is 0 Å². The molecule has 1 heterocycles. The second kappa shape index (κ2) is 5.26. The minimum absolute atomic E-state index is 0.0915. The van der Waals surface area contributed by atoms with E-state index in [0.717, 1.165) is 17.6 Å². The van der Waals surface area contributed by atoms with Gasteiger partial charge in [0.25, 0.3) is 0 Å². The molecule has 0 unspecified atom stereocenters. The first-order chi connectivity index (χ1) is 8.82. The SMILES string of the molecule is Cc1ccc([C@@H]2CN(C(C)(C)C)C[C@H]2C#N)cc1Br. The van der Waals surface area contributed by atoms with Gasteiger partial charge in [0.2, 0.25) is 0 Å². The maximum absolute atomic E-state index is 9.42. The van der Waals surface area contributed by atoms with Gasteiger partial charge >= 0.3 is 0 Å². The first kappa shape index (κ1) is 14.6. The van der Waals surface area contributed by atoms with Crippen molar-refractivity contribution in [2.24, 2.45) is 5.92 Å². The zero-order valence-electron chi connectivity index (χ0n) is 12.1. The van der Waals surface area contributed by atoms with Crippen LogP contribution in [-0.4, -0.2) is 23.5 Å². The summed E-state index contributed by atoms with van der Waals surface area (Å²) < 4.78 is 1.14. The Kier molecular flexibility index (Phi) is 4.03. The maximum Gasteiger partial charge on any atom is 0.0676 e. The fraction of sp³-hybridized carbons (Fsp3) is 0.562. The number of rotatable bonds is 1. The van der Waals surface area contributed by atoms with E-state index in [9.17, 15) is 5.26 Å². The summed E-state index contributed by atoms with van der Waals surface area (Å²) in [5.41, 5.74) is 2.64. The molecule has 1 aliphatic heterocycles. The lowest BCUT2D eigenvalue weighted by Crippen LogP contribution is -2.39. The average molecular weight is 321 g/mol. The molecule has 1 fully saturated rings. The Morgan fingerprint density at radius 2 is 2.00 bits per heavy atom. The van der Waals surface area contributed by atoms with Gasteiger partial charge in [0.1, 0.15) is 0 Å². The van der Waals surface area contributed by atoms with Gasteiger partial charge < -0.3 is 0 Å². The molecule has 0 N–H and O–H groups in total. The largest absolute Gasteiger partial charge is 0.297 e. The highest BCUT2D eigenvalue weighted by Gasteiger charge is 2.38. The summed E-state index contributed by atoms with van der Waals surface area (Å²) in [6.45, 7) is 10.6. The third kappa shape index (κ3) is 3.01. The first-order valence-electron chi connectivity index (χ1n) is 6.73. The van der Waals surface area contributed by atoms with Crippen LogP contribution >= 0.6 is 15.9 Å². The molecule has 3 heteroatoms. The lowest BCUT2D eigenvalue weighted by molar-refractivity contribution is 0.170. The molecule has 0 amide bonds. The molecule has 1 aromatic carbocycles. The van der Waals surface area contributed by atoms with Crippen LogP contribution < -0.4 is 0 Å². The highest BCUT2D eigenvalue weighted by Crippen LogP contribution is 2.37. The fourth-order valence-electron chi connectivity index (χ4n) is 2.66. The Labute approximate surface area is 124 Å². The maximum atomic E-state index is 9.42. The van der Waals surface area contributed by atoms with Crippen LogP contribution in [0.25, 0.3) is 0 Å². The molecule has 2 nitrogen and oxygen atoms in total. The summed E-state index contributed by atoms with van der Waals surface area (Å²) in [7, 11) is 0. The molecular weight excluding hydrogens is 300 g/mol. The standard InChI is InChI=1S/C16H21BrN2/c1-11-5-6-12(7-15(11)17)14-10-19(16(2,3)4)9-13(14)8-18/h5-7,13-14H,9-10H2,1-4H3/t13-,14+/m1/s1. The second-order valence-electron chi connectivity index (χ2n) is 6.43. The van der Waals surface area contributed by atoms with Crippen LogP contribution in [0.5, 0.6) is 0 Å². The van der Waals surface area contributed by atoms with Gasteiger partial charge in [-0.2, -0.15) is 5.26 Å². The fourth-order valence-corrected chi connectivity index (χ4v) is 3.06. The van der Waals surface area contributed by atoms with Gasteiger partial charge in [0.05, 0.1) is 12.0 Å². The summed E-state index contributed by atoms with van der Waals surface area (Å²) in [4.78, 5) is 2.42. The molecule has 2 atom stereocenters. The Bertz CT molecular complexity index is 510. The first-order valence-corrected chi connectivity index (χ1v) is 7.53. The van der Waals surface area contributed by atoms with E-state index in [1.54, 1.807) is 0 Å². The van der Waals surface area contributed by atoms with Crippen LogP contribution in [0.3, 0.4) is 0 Å². The van der Waals surface area contributed by atoms with Gasteiger partial charge in [-0.3, -0.25) is 4.90 Å². The number of benzene rings is 1. The van der Waals surface area contributed by atoms with Gasteiger partial charge in [-0.1, -0.05) is 28.1 Å². The molecule has 0 aliphatic carbocycles. The summed E-state index contributed by atoms with van der Waals surface area (Å²) in [6.07, 6.45) is 0. The molecule has 2 rings (SSSR count). The van der Waals surface area contributed by atoms with Crippen molar-refractivity contribution < 1.29 is 0 Å². The average Bonchev–Trinajstić information content (AvgIpc) is 2.76. The van der Waals surface area contributed by atoms with Gasteiger partial charge in [-0.15, -0.1) is 0 Å². The van der Waals surface area contributed by atoms with Crippen LogP contribution in [0.15, 0.2) is 22.7 Å². The van der Waals surface area contributed by atoms with E-state index in [1.807, 2.05) is 0 Å².